The largest absolute Gasteiger partial charge is 0.376 e. The van der Waals surface area contributed by atoms with E-state index in [1.54, 1.807) is 5.56 Å². The van der Waals surface area contributed by atoms with Gasteiger partial charge < -0.3 is 11.1 Å². The molecule has 0 saturated heterocycles. The molecule has 5 aliphatic rings. The second-order valence-electron chi connectivity index (χ2n) is 11.3. The molecule has 2 atom stereocenters. The Morgan fingerprint density at radius 1 is 1.03 bits per heavy atom. The third-order valence-electron chi connectivity index (χ3n) is 9.50. The van der Waals surface area contributed by atoms with Gasteiger partial charge in [0.15, 0.2) is 0 Å². The van der Waals surface area contributed by atoms with Crippen LogP contribution in [-0.2, 0) is 5.41 Å². The lowest BCUT2D eigenvalue weighted by Crippen LogP contribution is -2.62. The lowest BCUT2D eigenvalue weighted by molar-refractivity contribution is -0.0840. The van der Waals surface area contributed by atoms with Crippen molar-refractivity contribution in [2.75, 3.05) is 6.54 Å². The van der Waals surface area contributed by atoms with Crippen molar-refractivity contribution in [3.8, 4) is 0 Å². The quantitative estimate of drug-likeness (QED) is 0.551. The first kappa shape index (κ1) is 20.9. The molecule has 6 rings (SSSR count). The second kappa shape index (κ2) is 8.20. The standard InChI is InChI=1S/C27H40N2S/c1-2-6-24-20-13-26(22-7-4-3-5-8-22)14-21(24)16-27(15-20,18-26)25(30)29-23-11-9-19(17-28)10-12-23/h3-5,7-8,19-21,23-24H,2,6,9-18,28H2,1H3,(H,29,30)/t19-,20?,21?,23-,24?,26?,27?. The van der Waals surface area contributed by atoms with E-state index in [9.17, 15) is 0 Å². The van der Waals surface area contributed by atoms with E-state index in [0.29, 0.717) is 11.5 Å². The summed E-state index contributed by atoms with van der Waals surface area (Å²) in [5.74, 6) is 3.38. The van der Waals surface area contributed by atoms with Crippen molar-refractivity contribution >= 4 is 17.2 Å². The van der Waals surface area contributed by atoms with E-state index in [-0.39, 0.29) is 5.41 Å². The van der Waals surface area contributed by atoms with Gasteiger partial charge in [-0.15, -0.1) is 0 Å². The fourth-order valence-electron chi connectivity index (χ4n) is 8.33. The highest BCUT2D eigenvalue weighted by Crippen LogP contribution is 2.68. The van der Waals surface area contributed by atoms with Gasteiger partial charge in [-0.25, -0.2) is 0 Å². The Balaban J connectivity index is 1.39. The minimum atomic E-state index is 0.242. The first-order chi connectivity index (χ1) is 14.6. The fourth-order valence-corrected chi connectivity index (χ4v) is 8.73. The predicted molar refractivity (Wildman–Crippen MR) is 130 cm³/mol. The third-order valence-corrected chi connectivity index (χ3v) is 10.1. The number of hydrogen-bond donors (Lipinski definition) is 2. The van der Waals surface area contributed by atoms with Gasteiger partial charge in [-0.2, -0.15) is 0 Å². The van der Waals surface area contributed by atoms with Crippen molar-refractivity contribution in [1.29, 1.82) is 0 Å². The third kappa shape index (κ3) is 3.54. The summed E-state index contributed by atoms with van der Waals surface area (Å²) in [6.07, 6.45) is 14.5. The number of benzene rings is 1. The van der Waals surface area contributed by atoms with E-state index in [1.807, 2.05) is 0 Å². The van der Waals surface area contributed by atoms with Crippen LogP contribution in [0.15, 0.2) is 30.3 Å². The maximum Gasteiger partial charge on any atom is 0.0818 e. The molecule has 30 heavy (non-hydrogen) atoms. The minimum Gasteiger partial charge on any atom is -0.376 e. The monoisotopic (exact) mass is 424 g/mol. The van der Waals surface area contributed by atoms with Crippen LogP contribution in [0.3, 0.4) is 0 Å². The van der Waals surface area contributed by atoms with Gasteiger partial charge >= 0.3 is 0 Å². The molecule has 3 N–H and O–H groups in total. The number of thiocarbonyl (C=S) groups is 1. The zero-order valence-electron chi connectivity index (χ0n) is 18.7. The zero-order chi connectivity index (χ0) is 20.8. The van der Waals surface area contributed by atoms with Gasteiger partial charge in [-0.1, -0.05) is 62.3 Å². The van der Waals surface area contributed by atoms with Crippen LogP contribution in [0.5, 0.6) is 0 Å². The molecule has 0 amide bonds. The number of rotatable bonds is 6. The van der Waals surface area contributed by atoms with E-state index in [0.717, 1.165) is 30.2 Å². The maximum absolute atomic E-state index is 6.25. The lowest BCUT2D eigenvalue weighted by Gasteiger charge is -2.65. The van der Waals surface area contributed by atoms with E-state index in [1.165, 1.54) is 75.6 Å². The first-order valence-electron chi connectivity index (χ1n) is 12.6. The molecule has 0 aliphatic heterocycles. The molecule has 1 aromatic rings. The first-order valence-corrected chi connectivity index (χ1v) is 13.0. The zero-order valence-corrected chi connectivity index (χ0v) is 19.6. The van der Waals surface area contributed by atoms with E-state index < -0.39 is 0 Å². The van der Waals surface area contributed by atoms with Gasteiger partial charge in [-0.3, -0.25) is 0 Å². The van der Waals surface area contributed by atoms with E-state index in [4.69, 9.17) is 18.0 Å². The van der Waals surface area contributed by atoms with Crippen LogP contribution in [0.4, 0.5) is 0 Å². The molecular formula is C27H40N2S. The molecule has 0 heterocycles. The highest BCUT2D eigenvalue weighted by atomic mass is 32.1. The van der Waals surface area contributed by atoms with Crippen LogP contribution < -0.4 is 11.1 Å². The topological polar surface area (TPSA) is 38.0 Å². The molecule has 3 heteroatoms. The van der Waals surface area contributed by atoms with Gasteiger partial charge in [0.2, 0.25) is 0 Å². The Bertz CT molecular complexity index is 735. The highest BCUT2D eigenvalue weighted by Gasteiger charge is 2.62. The van der Waals surface area contributed by atoms with Crippen molar-refractivity contribution in [3.05, 3.63) is 35.9 Å². The Kier molecular flexibility index (Phi) is 5.73. The Morgan fingerprint density at radius 3 is 2.30 bits per heavy atom. The molecule has 2 unspecified atom stereocenters. The Morgan fingerprint density at radius 2 is 1.70 bits per heavy atom. The molecule has 5 fully saturated rings. The second-order valence-corrected chi connectivity index (χ2v) is 11.7. The fraction of sp³-hybridized carbons (Fsp3) is 0.741. The smallest absolute Gasteiger partial charge is 0.0818 e. The van der Waals surface area contributed by atoms with Crippen LogP contribution in [0.25, 0.3) is 0 Å². The lowest BCUT2D eigenvalue weighted by atomic mass is 9.40. The van der Waals surface area contributed by atoms with E-state index in [2.05, 4.69) is 42.6 Å². The van der Waals surface area contributed by atoms with Crippen LogP contribution in [0, 0.1) is 29.1 Å². The summed E-state index contributed by atoms with van der Waals surface area (Å²) in [6, 6.07) is 12.0. The van der Waals surface area contributed by atoms with Crippen molar-refractivity contribution in [2.45, 2.75) is 89.0 Å². The summed E-state index contributed by atoms with van der Waals surface area (Å²) in [4.78, 5) is 1.23. The van der Waals surface area contributed by atoms with Crippen molar-refractivity contribution in [2.24, 2.45) is 34.8 Å². The summed E-state index contributed by atoms with van der Waals surface area (Å²) in [7, 11) is 0. The molecule has 1 aromatic carbocycles. The molecule has 4 bridgehead atoms. The molecule has 0 radical (unpaired) electrons. The van der Waals surface area contributed by atoms with Crippen molar-refractivity contribution < 1.29 is 0 Å². The number of nitrogens with two attached hydrogens (primary N) is 1. The van der Waals surface area contributed by atoms with E-state index >= 15 is 0 Å². The average Bonchev–Trinajstić information content (AvgIpc) is 2.77. The SMILES string of the molecule is CCCC1C2CC3(C(=S)N[C@H]4CC[C@H](CN)CC4)CC1CC(c1ccccc1)(C2)C3. The molecule has 0 aromatic heterocycles. The van der Waals surface area contributed by atoms with Gasteiger partial charge in [0.1, 0.15) is 0 Å². The maximum atomic E-state index is 6.25. The normalized spacial score (nSPS) is 42.3. The summed E-state index contributed by atoms with van der Waals surface area (Å²) >= 11 is 6.25. The van der Waals surface area contributed by atoms with Gasteiger partial charge in [0.25, 0.3) is 0 Å². The van der Waals surface area contributed by atoms with Gasteiger partial charge in [0, 0.05) is 11.5 Å². The molecule has 5 saturated carbocycles. The number of hydrogen-bond acceptors (Lipinski definition) is 2. The number of nitrogens with one attached hydrogen (secondary N) is 1. The Hall–Kier alpha value is -0.930. The van der Waals surface area contributed by atoms with Crippen LogP contribution in [0.1, 0.15) is 83.1 Å². The molecule has 2 nitrogen and oxygen atoms in total. The van der Waals surface area contributed by atoms with Crippen LogP contribution in [-0.4, -0.2) is 17.6 Å². The highest BCUT2D eigenvalue weighted by molar-refractivity contribution is 7.80. The molecule has 0 spiro atoms. The van der Waals surface area contributed by atoms with Crippen LogP contribution in [0.2, 0.25) is 0 Å². The molecule has 164 valence electrons. The van der Waals surface area contributed by atoms with Crippen molar-refractivity contribution in [1.82, 2.24) is 5.32 Å². The summed E-state index contributed by atoms with van der Waals surface area (Å²) < 4.78 is 0. The minimum absolute atomic E-state index is 0.242. The average molecular weight is 425 g/mol. The van der Waals surface area contributed by atoms with Gasteiger partial charge in [-0.05, 0) is 99.0 Å². The predicted octanol–water partition coefficient (Wildman–Crippen LogP) is 5.99. The summed E-state index contributed by atoms with van der Waals surface area (Å²) in [6.45, 7) is 3.22. The summed E-state index contributed by atoms with van der Waals surface area (Å²) in [5, 5.41) is 3.93. The van der Waals surface area contributed by atoms with Crippen molar-refractivity contribution in [3.63, 3.8) is 0 Å². The molecule has 5 aliphatic carbocycles. The summed E-state index contributed by atoms with van der Waals surface area (Å²) in [5.41, 5.74) is 8.11. The van der Waals surface area contributed by atoms with Crippen LogP contribution >= 0.6 is 12.2 Å². The Labute approximate surface area is 188 Å². The van der Waals surface area contributed by atoms with Gasteiger partial charge in [0.05, 0.1) is 4.99 Å². The molecular weight excluding hydrogens is 384 g/mol.